The lowest BCUT2D eigenvalue weighted by Crippen LogP contribution is -2.25. The van der Waals surface area contributed by atoms with Crippen LogP contribution in [0.4, 0.5) is 5.69 Å². The van der Waals surface area contributed by atoms with Gasteiger partial charge in [0.15, 0.2) is 0 Å². The van der Waals surface area contributed by atoms with E-state index in [0.29, 0.717) is 28.0 Å². The number of benzene rings is 2. The van der Waals surface area contributed by atoms with E-state index in [1.807, 2.05) is 45.0 Å². The number of methoxy groups -OCH3 is 1. The smallest absolute Gasteiger partial charge is 0.320 e. The highest BCUT2D eigenvalue weighted by Gasteiger charge is 2.11. The van der Waals surface area contributed by atoms with Gasteiger partial charge in [-0.3, -0.25) is 0 Å². The maximum absolute atomic E-state index is 6.17. The Morgan fingerprint density at radius 3 is 2.61 bits per heavy atom. The van der Waals surface area contributed by atoms with Crippen LogP contribution in [0.15, 0.2) is 58.8 Å². The molecule has 0 aliphatic carbocycles. The van der Waals surface area contributed by atoms with Crippen molar-refractivity contribution >= 4 is 29.3 Å². The summed E-state index contributed by atoms with van der Waals surface area (Å²) in [5, 5.41) is 7.77. The summed E-state index contributed by atoms with van der Waals surface area (Å²) in [6, 6.07) is 12.6. The number of amidine groups is 1. The van der Waals surface area contributed by atoms with Crippen LogP contribution in [-0.4, -0.2) is 39.9 Å². The number of hydrogen-bond acceptors (Lipinski definition) is 5. The zero-order valence-corrected chi connectivity index (χ0v) is 18.5. The van der Waals surface area contributed by atoms with Gasteiger partial charge >= 0.3 is 6.02 Å². The number of aryl methyl sites for hydroxylation is 1. The second-order valence-electron chi connectivity index (χ2n) is 6.78. The Balaban J connectivity index is 1.82. The number of para-hydroxylation sites is 1. The lowest BCUT2D eigenvalue weighted by atomic mass is 10.2. The molecule has 3 aromatic rings. The van der Waals surface area contributed by atoms with Crippen molar-refractivity contribution in [1.29, 1.82) is 0 Å². The van der Waals surface area contributed by atoms with Crippen LogP contribution >= 0.6 is 11.6 Å². The number of nitrogens with zero attached hydrogens (tertiary/aromatic N) is 5. The second kappa shape index (κ2) is 9.94. The molecule has 0 aliphatic rings. The van der Waals surface area contributed by atoms with Crippen molar-refractivity contribution in [1.82, 2.24) is 14.8 Å². The van der Waals surface area contributed by atoms with Gasteiger partial charge < -0.3 is 20.5 Å². The van der Waals surface area contributed by atoms with Crippen LogP contribution in [0.3, 0.4) is 0 Å². The van der Waals surface area contributed by atoms with Gasteiger partial charge in [-0.1, -0.05) is 23.7 Å². The third-order valence-electron chi connectivity index (χ3n) is 3.93. The molecule has 0 atom stereocenters. The first-order valence-electron chi connectivity index (χ1n) is 9.53. The van der Waals surface area contributed by atoms with Crippen LogP contribution < -0.4 is 20.5 Å². The molecule has 10 heteroatoms. The van der Waals surface area contributed by atoms with E-state index in [1.54, 1.807) is 36.3 Å². The highest BCUT2D eigenvalue weighted by Crippen LogP contribution is 2.26. The predicted octanol–water partition coefficient (Wildman–Crippen LogP) is 3.81. The predicted molar refractivity (Wildman–Crippen MR) is 123 cm³/mol. The Morgan fingerprint density at radius 2 is 1.97 bits per heavy atom. The molecule has 3 N–H and O–H groups in total. The summed E-state index contributed by atoms with van der Waals surface area (Å²) in [6.07, 6.45) is 1.62. The van der Waals surface area contributed by atoms with E-state index >= 15 is 0 Å². The summed E-state index contributed by atoms with van der Waals surface area (Å²) < 4.78 is 12.9. The van der Waals surface area contributed by atoms with Crippen molar-refractivity contribution in [3.8, 4) is 17.2 Å². The molecule has 31 heavy (non-hydrogen) atoms. The number of hydrogen-bond donors (Lipinski definition) is 2. The highest BCUT2D eigenvalue weighted by molar-refractivity contribution is 6.32. The molecule has 0 saturated heterocycles. The molecule has 0 fully saturated rings. The molecular weight excluding hydrogens is 418 g/mol. The third kappa shape index (κ3) is 5.95. The molecule has 1 aromatic heterocycles. The number of guanidine groups is 1. The Hall–Kier alpha value is -3.59. The van der Waals surface area contributed by atoms with Gasteiger partial charge in [0.25, 0.3) is 0 Å². The number of aliphatic imine (C=N–C) groups is 2. The molecule has 1 heterocycles. The Kier molecular flexibility index (Phi) is 7.09. The van der Waals surface area contributed by atoms with Gasteiger partial charge in [0.05, 0.1) is 12.1 Å². The first kappa shape index (κ1) is 22.1. The molecule has 2 aromatic carbocycles. The van der Waals surface area contributed by atoms with Crippen LogP contribution in [0.25, 0.3) is 5.69 Å². The third-order valence-corrected chi connectivity index (χ3v) is 4.24. The average molecular weight is 442 g/mol. The van der Waals surface area contributed by atoms with Crippen molar-refractivity contribution in [2.45, 2.75) is 26.8 Å². The minimum atomic E-state index is -0.0560. The van der Waals surface area contributed by atoms with Gasteiger partial charge in [-0.2, -0.15) is 10.1 Å². The lowest BCUT2D eigenvalue weighted by Gasteiger charge is -2.12. The molecule has 0 saturated carbocycles. The molecule has 0 amide bonds. The number of anilines is 1. The fraction of sp³-hybridized carbons (Fsp3) is 0.238. The molecule has 0 radical (unpaired) electrons. The monoisotopic (exact) mass is 441 g/mol. The van der Waals surface area contributed by atoms with Gasteiger partial charge in [-0.05, 0) is 45.0 Å². The summed E-state index contributed by atoms with van der Waals surface area (Å²) >= 11 is 6.17. The van der Waals surface area contributed by atoms with Crippen LogP contribution in [0, 0.1) is 6.92 Å². The fourth-order valence-electron chi connectivity index (χ4n) is 2.61. The van der Waals surface area contributed by atoms with Gasteiger partial charge in [-0.25, -0.2) is 14.7 Å². The minimum Gasteiger partial charge on any atom is -0.494 e. The molecule has 3 rings (SSSR count). The van der Waals surface area contributed by atoms with E-state index in [0.717, 1.165) is 5.69 Å². The van der Waals surface area contributed by atoms with E-state index in [9.17, 15) is 0 Å². The van der Waals surface area contributed by atoms with Crippen molar-refractivity contribution in [3.05, 3.63) is 59.6 Å². The first-order valence-corrected chi connectivity index (χ1v) is 9.91. The van der Waals surface area contributed by atoms with Crippen molar-refractivity contribution in [2.75, 3.05) is 12.4 Å². The van der Waals surface area contributed by atoms with Crippen LogP contribution in [0.2, 0.25) is 5.02 Å². The maximum Gasteiger partial charge on any atom is 0.320 e. The largest absolute Gasteiger partial charge is 0.494 e. The zero-order valence-electron chi connectivity index (χ0n) is 17.7. The molecule has 0 spiro atoms. The van der Waals surface area contributed by atoms with E-state index in [4.69, 9.17) is 26.8 Å². The van der Waals surface area contributed by atoms with Crippen LogP contribution in [0.5, 0.6) is 11.5 Å². The number of ether oxygens (including phenoxy) is 2. The van der Waals surface area contributed by atoms with E-state index in [2.05, 4.69) is 25.4 Å². The molecule has 0 bridgehead atoms. The fourth-order valence-corrected chi connectivity index (χ4v) is 2.78. The van der Waals surface area contributed by atoms with E-state index < -0.39 is 0 Å². The standard InChI is InChI=1S/C21H24ClN7O2/c1-13(2)25-21(31-18-8-6-5-7-16(18)22)27-20(23)26-15-9-10-17(19(11-15)30-4)29-12-24-14(3)28-29/h5-13H,1-4H3,(H3,23,25,26,27). The Bertz CT molecular complexity index is 1110. The quantitative estimate of drug-likeness (QED) is 0.460. The summed E-state index contributed by atoms with van der Waals surface area (Å²) in [4.78, 5) is 12.8. The molecular formula is C21H24ClN7O2. The van der Waals surface area contributed by atoms with Crippen molar-refractivity contribution in [2.24, 2.45) is 15.7 Å². The zero-order chi connectivity index (χ0) is 22.4. The number of nitrogens with two attached hydrogens (primary N) is 1. The number of halogens is 1. The highest BCUT2D eigenvalue weighted by atomic mass is 35.5. The minimum absolute atomic E-state index is 0.0560. The summed E-state index contributed by atoms with van der Waals surface area (Å²) in [7, 11) is 1.58. The summed E-state index contributed by atoms with van der Waals surface area (Å²) in [5.74, 6) is 1.79. The van der Waals surface area contributed by atoms with Gasteiger partial charge in [0.1, 0.15) is 29.3 Å². The van der Waals surface area contributed by atoms with Gasteiger partial charge in [-0.15, -0.1) is 0 Å². The van der Waals surface area contributed by atoms with Crippen LogP contribution in [0.1, 0.15) is 19.7 Å². The van der Waals surface area contributed by atoms with E-state index in [1.165, 1.54) is 0 Å². The number of nitrogens with one attached hydrogen (secondary N) is 1. The molecule has 0 aliphatic heterocycles. The molecule has 162 valence electrons. The Labute approximate surface area is 185 Å². The molecule has 0 unspecified atom stereocenters. The SMILES string of the molecule is COc1cc(N/C(N)=N/C(=NC(C)C)Oc2ccccc2Cl)ccc1-n1cnc(C)n1. The summed E-state index contributed by atoms with van der Waals surface area (Å²) in [6.45, 7) is 5.63. The topological polar surface area (TPSA) is 112 Å². The van der Waals surface area contributed by atoms with Crippen LogP contribution in [-0.2, 0) is 0 Å². The van der Waals surface area contributed by atoms with Gasteiger partial charge in [0, 0.05) is 17.8 Å². The molecule has 9 nitrogen and oxygen atoms in total. The summed E-state index contributed by atoms with van der Waals surface area (Å²) in [5.41, 5.74) is 7.51. The lowest BCUT2D eigenvalue weighted by molar-refractivity contribution is 0.412. The second-order valence-corrected chi connectivity index (χ2v) is 7.19. The van der Waals surface area contributed by atoms with E-state index in [-0.39, 0.29) is 18.0 Å². The van der Waals surface area contributed by atoms with Gasteiger partial charge in [0.2, 0.25) is 5.96 Å². The van der Waals surface area contributed by atoms with Crippen molar-refractivity contribution < 1.29 is 9.47 Å². The first-order chi connectivity index (χ1) is 14.9. The maximum atomic E-state index is 6.17. The number of rotatable bonds is 5. The van der Waals surface area contributed by atoms with Crippen molar-refractivity contribution in [3.63, 3.8) is 0 Å². The Morgan fingerprint density at radius 1 is 1.19 bits per heavy atom. The average Bonchev–Trinajstić information content (AvgIpc) is 3.15. The number of aromatic nitrogens is 3. The normalized spacial score (nSPS) is 12.2.